The van der Waals surface area contributed by atoms with Gasteiger partial charge in [-0.1, -0.05) is 18.2 Å². The van der Waals surface area contributed by atoms with Crippen LogP contribution in [0.3, 0.4) is 0 Å². The van der Waals surface area contributed by atoms with Crippen LogP contribution in [0.1, 0.15) is 11.6 Å². The first kappa shape index (κ1) is 16.0. The molecule has 2 aromatic carbocycles. The van der Waals surface area contributed by atoms with E-state index in [2.05, 4.69) is 37.2 Å². The smallest absolute Gasteiger partial charge is 0.332 e. The number of methoxy groups -OCH3 is 1. The lowest BCUT2D eigenvalue weighted by Crippen LogP contribution is -2.22. The largest absolute Gasteiger partial charge is 0.467 e. The van der Waals surface area contributed by atoms with Gasteiger partial charge in [-0.3, -0.25) is 0 Å². The molecule has 0 aliphatic carbocycles. The fraction of sp³-hybridized carbons (Fsp3) is 0.133. The van der Waals surface area contributed by atoms with E-state index in [1.54, 1.807) is 12.1 Å². The Bertz CT molecular complexity index is 664. The highest BCUT2D eigenvalue weighted by atomic mass is 79.9. The molecule has 3 nitrogen and oxygen atoms in total. The maximum absolute atomic E-state index is 13.7. The molecule has 0 aliphatic heterocycles. The molecule has 1 atom stereocenters. The van der Waals surface area contributed by atoms with Crippen molar-refractivity contribution in [3.8, 4) is 0 Å². The molecule has 0 radical (unpaired) electrons. The lowest BCUT2D eigenvalue weighted by atomic mass is 10.1. The van der Waals surface area contributed by atoms with Gasteiger partial charge in [0.1, 0.15) is 5.82 Å². The molecular formula is C15H12Br2FNO2. The lowest BCUT2D eigenvalue weighted by molar-refractivity contribution is -0.141. The Hall–Kier alpha value is -1.40. The summed E-state index contributed by atoms with van der Waals surface area (Å²) in [4.78, 5) is 12.0. The zero-order valence-corrected chi connectivity index (χ0v) is 14.2. The Kier molecular flexibility index (Phi) is 5.36. The van der Waals surface area contributed by atoms with Crippen molar-refractivity contribution in [1.82, 2.24) is 0 Å². The Morgan fingerprint density at radius 2 is 1.90 bits per heavy atom. The third-order valence-electron chi connectivity index (χ3n) is 2.89. The minimum Gasteiger partial charge on any atom is -0.467 e. The van der Waals surface area contributed by atoms with Gasteiger partial charge in [-0.2, -0.15) is 0 Å². The number of para-hydroxylation sites is 1. The number of ether oxygens (including phenoxy) is 1. The fourth-order valence-corrected chi connectivity index (χ4v) is 2.47. The maximum Gasteiger partial charge on any atom is 0.332 e. The molecule has 0 aliphatic rings. The number of rotatable bonds is 4. The van der Waals surface area contributed by atoms with E-state index >= 15 is 0 Å². The first-order valence-corrected chi connectivity index (χ1v) is 7.65. The van der Waals surface area contributed by atoms with Gasteiger partial charge in [-0.05, 0) is 61.7 Å². The highest BCUT2D eigenvalue weighted by molar-refractivity contribution is 9.10. The Morgan fingerprint density at radius 1 is 1.19 bits per heavy atom. The summed E-state index contributed by atoms with van der Waals surface area (Å²) in [7, 11) is 1.30. The van der Waals surface area contributed by atoms with Crippen LogP contribution in [0.2, 0.25) is 0 Å². The topological polar surface area (TPSA) is 38.3 Å². The molecule has 1 unspecified atom stereocenters. The van der Waals surface area contributed by atoms with Gasteiger partial charge in [-0.25, -0.2) is 9.18 Å². The van der Waals surface area contributed by atoms with Crippen LogP contribution in [0, 0.1) is 5.82 Å². The molecule has 2 rings (SSSR count). The number of hydrogen-bond donors (Lipinski definition) is 1. The van der Waals surface area contributed by atoms with Crippen LogP contribution in [0.5, 0.6) is 0 Å². The van der Waals surface area contributed by atoms with E-state index in [-0.39, 0.29) is 0 Å². The third kappa shape index (κ3) is 3.83. The molecule has 0 saturated carbocycles. The van der Waals surface area contributed by atoms with Crippen LogP contribution in [0.4, 0.5) is 10.1 Å². The summed E-state index contributed by atoms with van der Waals surface area (Å²) in [5, 5.41) is 3.06. The number of carbonyl (C=O) groups is 1. The number of carbonyl (C=O) groups excluding carboxylic acids is 1. The predicted molar refractivity (Wildman–Crippen MR) is 86.6 cm³/mol. The molecule has 1 N–H and O–H groups in total. The summed E-state index contributed by atoms with van der Waals surface area (Å²) in [6.07, 6.45) is 0. The number of nitrogens with one attached hydrogen (secondary N) is 1. The SMILES string of the molecule is COC(=O)C(Nc1ccccc1Br)c1ccc(Br)c(F)c1. The van der Waals surface area contributed by atoms with Crippen LogP contribution in [-0.4, -0.2) is 13.1 Å². The summed E-state index contributed by atoms with van der Waals surface area (Å²) < 4.78 is 19.6. The first-order chi connectivity index (χ1) is 10.0. The number of benzene rings is 2. The minimum absolute atomic E-state index is 0.343. The molecule has 0 heterocycles. The van der Waals surface area contributed by atoms with Gasteiger partial charge < -0.3 is 10.1 Å². The van der Waals surface area contributed by atoms with Gasteiger partial charge in [0.2, 0.25) is 0 Å². The second-order valence-corrected chi connectivity index (χ2v) is 5.96. The van der Waals surface area contributed by atoms with Crippen molar-refractivity contribution in [1.29, 1.82) is 0 Å². The molecule has 0 saturated heterocycles. The average Bonchev–Trinajstić information content (AvgIpc) is 2.48. The quantitative estimate of drug-likeness (QED) is 0.735. The van der Waals surface area contributed by atoms with Crippen molar-refractivity contribution in [3.63, 3.8) is 0 Å². The van der Waals surface area contributed by atoms with E-state index < -0.39 is 17.8 Å². The molecule has 2 aromatic rings. The van der Waals surface area contributed by atoms with E-state index in [4.69, 9.17) is 4.74 Å². The summed E-state index contributed by atoms with van der Waals surface area (Å²) in [5.41, 5.74) is 1.20. The van der Waals surface area contributed by atoms with Gasteiger partial charge in [-0.15, -0.1) is 0 Å². The molecule has 6 heteroatoms. The number of hydrogen-bond acceptors (Lipinski definition) is 3. The third-order valence-corrected chi connectivity index (χ3v) is 4.22. The van der Waals surface area contributed by atoms with Crippen LogP contribution >= 0.6 is 31.9 Å². The molecule has 0 spiro atoms. The van der Waals surface area contributed by atoms with Gasteiger partial charge in [0, 0.05) is 10.2 Å². The summed E-state index contributed by atoms with van der Waals surface area (Å²) in [6.45, 7) is 0. The zero-order valence-electron chi connectivity index (χ0n) is 11.1. The number of halogens is 3. The van der Waals surface area contributed by atoms with Crippen LogP contribution < -0.4 is 5.32 Å². The molecule has 0 fully saturated rings. The summed E-state index contributed by atoms with van der Waals surface area (Å²) in [6, 6.07) is 11.1. The van der Waals surface area contributed by atoms with Crippen molar-refractivity contribution in [2.45, 2.75) is 6.04 Å². The van der Waals surface area contributed by atoms with E-state index in [1.165, 1.54) is 13.2 Å². The summed E-state index contributed by atoms with van der Waals surface area (Å²) in [5.74, 6) is -0.928. The van der Waals surface area contributed by atoms with E-state index in [1.807, 2.05) is 24.3 Å². The molecule has 21 heavy (non-hydrogen) atoms. The number of esters is 1. The molecule has 0 bridgehead atoms. The standard InChI is InChI=1S/C15H12Br2FNO2/c1-21-15(20)14(9-6-7-10(16)12(18)8-9)19-13-5-3-2-4-11(13)17/h2-8,14,19H,1H3. The van der Waals surface area contributed by atoms with E-state index in [0.29, 0.717) is 10.0 Å². The van der Waals surface area contributed by atoms with Crippen molar-refractivity contribution >= 4 is 43.5 Å². The minimum atomic E-state index is -0.795. The normalized spacial score (nSPS) is 11.8. The van der Waals surface area contributed by atoms with Gasteiger partial charge in [0.25, 0.3) is 0 Å². The maximum atomic E-state index is 13.7. The van der Waals surface area contributed by atoms with Crippen molar-refractivity contribution < 1.29 is 13.9 Å². The Morgan fingerprint density at radius 3 is 2.52 bits per heavy atom. The second kappa shape index (κ2) is 7.04. The number of anilines is 1. The highest BCUT2D eigenvalue weighted by Gasteiger charge is 2.23. The van der Waals surface area contributed by atoms with Gasteiger partial charge in [0.15, 0.2) is 6.04 Å². The zero-order chi connectivity index (χ0) is 15.4. The van der Waals surface area contributed by atoms with Crippen molar-refractivity contribution in [2.75, 3.05) is 12.4 Å². The second-order valence-electron chi connectivity index (χ2n) is 4.25. The van der Waals surface area contributed by atoms with Crippen molar-refractivity contribution in [2.24, 2.45) is 0 Å². The van der Waals surface area contributed by atoms with Gasteiger partial charge >= 0.3 is 5.97 Å². The Labute approximate surface area is 138 Å². The first-order valence-electron chi connectivity index (χ1n) is 6.06. The summed E-state index contributed by atoms with van der Waals surface area (Å²) >= 11 is 6.49. The van der Waals surface area contributed by atoms with Crippen molar-refractivity contribution in [3.05, 3.63) is 62.8 Å². The van der Waals surface area contributed by atoms with Crippen LogP contribution in [0.15, 0.2) is 51.4 Å². The molecular weight excluding hydrogens is 405 g/mol. The van der Waals surface area contributed by atoms with Crippen LogP contribution in [0.25, 0.3) is 0 Å². The van der Waals surface area contributed by atoms with E-state index in [9.17, 15) is 9.18 Å². The molecule has 0 amide bonds. The average molecular weight is 417 g/mol. The van der Waals surface area contributed by atoms with E-state index in [0.717, 1.165) is 10.2 Å². The Balaban J connectivity index is 2.37. The lowest BCUT2D eigenvalue weighted by Gasteiger charge is -2.19. The predicted octanol–water partition coefficient (Wildman–Crippen LogP) is 4.68. The van der Waals surface area contributed by atoms with Gasteiger partial charge in [0.05, 0.1) is 11.6 Å². The fourth-order valence-electron chi connectivity index (χ4n) is 1.82. The highest BCUT2D eigenvalue weighted by Crippen LogP contribution is 2.28. The molecule has 0 aromatic heterocycles. The monoisotopic (exact) mass is 415 g/mol. The molecule has 110 valence electrons. The van der Waals surface area contributed by atoms with Crippen LogP contribution in [-0.2, 0) is 9.53 Å².